The van der Waals surface area contributed by atoms with Crippen LogP contribution in [0.15, 0.2) is 66.0 Å². The number of rotatable bonds is 6. The van der Waals surface area contributed by atoms with Crippen LogP contribution in [-0.4, -0.2) is 20.3 Å². The number of hydrogen-bond acceptors (Lipinski definition) is 4. The molecule has 1 N–H and O–H groups in total. The first-order valence-corrected chi connectivity index (χ1v) is 10.1. The van der Waals surface area contributed by atoms with Crippen LogP contribution in [0.2, 0.25) is 0 Å². The lowest BCUT2D eigenvalue weighted by Gasteiger charge is -2.11. The van der Waals surface area contributed by atoms with E-state index in [0.717, 1.165) is 16.3 Å². The molecule has 4 nitrogen and oxygen atoms in total. The van der Waals surface area contributed by atoms with Crippen LogP contribution in [0.4, 0.5) is 5.69 Å². The fourth-order valence-electron chi connectivity index (χ4n) is 2.24. The first kappa shape index (κ1) is 17.5. The summed E-state index contributed by atoms with van der Waals surface area (Å²) in [7, 11) is -1.33. The van der Waals surface area contributed by atoms with E-state index in [-0.39, 0.29) is 11.7 Å². The van der Waals surface area contributed by atoms with Gasteiger partial charge in [-0.3, -0.25) is 9.00 Å². The lowest BCUT2D eigenvalue weighted by molar-refractivity contribution is -0.115. The topological polar surface area (TPSA) is 59.1 Å². The monoisotopic (exact) mass is 370 g/mol. The molecule has 0 saturated heterocycles. The number of carbonyl (C=O) groups excluding carboxylic acids is 1. The molecule has 3 rings (SSSR count). The van der Waals surface area contributed by atoms with Gasteiger partial charge in [0.15, 0.2) is 0 Å². The normalized spacial score (nSPS) is 13.2. The minimum atomic E-state index is -1.33. The Bertz CT molecular complexity index is 863. The molecule has 1 amide bonds. The molecule has 0 bridgehead atoms. The molecular weight excluding hydrogens is 352 g/mol. The summed E-state index contributed by atoms with van der Waals surface area (Å²) in [4.78, 5) is 16.8. The first-order valence-electron chi connectivity index (χ1n) is 7.86. The second-order valence-electron chi connectivity index (χ2n) is 5.53. The maximum atomic E-state index is 12.5. The molecule has 2 unspecified atom stereocenters. The number of hydrogen-bond donors (Lipinski definition) is 1. The molecule has 0 aliphatic rings. The molecule has 1 aromatic heterocycles. The van der Waals surface area contributed by atoms with Crippen LogP contribution in [-0.2, 0) is 21.3 Å². The molecule has 0 fully saturated rings. The Morgan fingerprint density at radius 2 is 1.76 bits per heavy atom. The lowest BCUT2D eigenvalue weighted by Crippen LogP contribution is -2.29. The molecular formula is C19H18N2O2S2. The van der Waals surface area contributed by atoms with E-state index in [2.05, 4.69) is 10.3 Å². The van der Waals surface area contributed by atoms with Crippen LogP contribution < -0.4 is 5.32 Å². The maximum Gasteiger partial charge on any atom is 0.239 e. The average molecular weight is 370 g/mol. The van der Waals surface area contributed by atoms with Crippen LogP contribution in [0.5, 0.6) is 0 Å². The van der Waals surface area contributed by atoms with Crippen molar-refractivity contribution in [3.8, 4) is 10.6 Å². The smallest absolute Gasteiger partial charge is 0.239 e. The van der Waals surface area contributed by atoms with E-state index >= 15 is 0 Å². The van der Waals surface area contributed by atoms with Crippen molar-refractivity contribution in [2.75, 3.05) is 5.32 Å². The molecule has 0 aliphatic carbocycles. The SMILES string of the molecule is CC(C(=O)Nc1ccccc1)S(=O)Cc1csc(-c2ccccc2)n1. The average Bonchev–Trinajstić information content (AvgIpc) is 3.11. The Morgan fingerprint density at radius 3 is 2.44 bits per heavy atom. The van der Waals surface area contributed by atoms with Crippen LogP contribution >= 0.6 is 11.3 Å². The fraction of sp³-hybridized carbons (Fsp3) is 0.158. The van der Waals surface area contributed by atoms with E-state index in [1.54, 1.807) is 19.1 Å². The molecule has 128 valence electrons. The van der Waals surface area contributed by atoms with Crippen LogP contribution in [0.3, 0.4) is 0 Å². The molecule has 25 heavy (non-hydrogen) atoms. The molecule has 0 radical (unpaired) electrons. The molecule has 3 aromatic rings. The second kappa shape index (κ2) is 8.18. The number of benzene rings is 2. The Morgan fingerprint density at radius 1 is 1.12 bits per heavy atom. The van der Waals surface area contributed by atoms with Crippen molar-refractivity contribution < 1.29 is 9.00 Å². The minimum absolute atomic E-state index is 0.247. The van der Waals surface area contributed by atoms with Gasteiger partial charge >= 0.3 is 0 Å². The van der Waals surface area contributed by atoms with E-state index in [1.807, 2.05) is 53.9 Å². The Labute approximate surface area is 153 Å². The maximum absolute atomic E-state index is 12.5. The quantitative estimate of drug-likeness (QED) is 0.711. The van der Waals surface area contributed by atoms with Crippen molar-refractivity contribution in [3.05, 3.63) is 71.7 Å². The molecule has 1 heterocycles. The number of nitrogens with one attached hydrogen (secondary N) is 1. The van der Waals surface area contributed by atoms with Gasteiger partial charge in [-0.05, 0) is 19.1 Å². The zero-order valence-electron chi connectivity index (χ0n) is 13.7. The van der Waals surface area contributed by atoms with E-state index in [1.165, 1.54) is 11.3 Å². The van der Waals surface area contributed by atoms with Crippen molar-refractivity contribution in [1.82, 2.24) is 4.98 Å². The molecule has 2 aromatic carbocycles. The first-order chi connectivity index (χ1) is 12.1. The Hall–Kier alpha value is -2.31. The molecule has 0 spiro atoms. The lowest BCUT2D eigenvalue weighted by atomic mass is 10.2. The highest BCUT2D eigenvalue weighted by atomic mass is 32.2. The summed E-state index contributed by atoms with van der Waals surface area (Å²) in [6, 6.07) is 19.1. The largest absolute Gasteiger partial charge is 0.325 e. The van der Waals surface area contributed by atoms with Gasteiger partial charge in [-0.25, -0.2) is 4.98 Å². The predicted octanol–water partition coefficient (Wildman–Crippen LogP) is 4.09. The fourth-order valence-corrected chi connectivity index (χ4v) is 4.16. The summed E-state index contributed by atoms with van der Waals surface area (Å²) in [5.74, 6) is 0.0234. The van der Waals surface area contributed by atoms with Crippen molar-refractivity contribution in [3.63, 3.8) is 0 Å². The summed E-state index contributed by atoms with van der Waals surface area (Å²) in [6.07, 6.45) is 0. The third kappa shape index (κ3) is 4.61. The third-order valence-electron chi connectivity index (χ3n) is 3.67. The number of thiazole rings is 1. The number of amides is 1. The van der Waals surface area contributed by atoms with E-state index in [9.17, 15) is 9.00 Å². The number of nitrogens with zero attached hydrogens (tertiary/aromatic N) is 1. The minimum Gasteiger partial charge on any atom is -0.325 e. The Kier molecular flexibility index (Phi) is 5.73. The second-order valence-corrected chi connectivity index (χ2v) is 8.15. The summed E-state index contributed by atoms with van der Waals surface area (Å²) in [5, 5.41) is 4.98. The standard InChI is InChI=1S/C19H18N2O2S2/c1-14(18(22)20-16-10-6-3-7-11-16)25(23)13-17-12-24-19(21-17)15-8-4-2-5-9-15/h2-12,14H,13H2,1H3,(H,20,22). The van der Waals surface area contributed by atoms with E-state index < -0.39 is 16.0 Å². The molecule has 0 aliphatic heterocycles. The number of carbonyl (C=O) groups is 1. The van der Waals surface area contributed by atoms with Gasteiger partial charge in [0.2, 0.25) is 5.91 Å². The summed E-state index contributed by atoms with van der Waals surface area (Å²) < 4.78 is 12.5. The zero-order chi connectivity index (χ0) is 17.6. The highest BCUT2D eigenvalue weighted by molar-refractivity contribution is 7.85. The van der Waals surface area contributed by atoms with Crippen LogP contribution in [0.25, 0.3) is 10.6 Å². The number of para-hydroxylation sites is 1. The van der Waals surface area contributed by atoms with Gasteiger partial charge in [0.25, 0.3) is 0 Å². The summed E-state index contributed by atoms with van der Waals surface area (Å²) >= 11 is 1.52. The van der Waals surface area contributed by atoms with Gasteiger partial charge in [0.1, 0.15) is 10.3 Å². The highest BCUT2D eigenvalue weighted by Crippen LogP contribution is 2.24. The van der Waals surface area contributed by atoms with E-state index in [4.69, 9.17) is 0 Å². The van der Waals surface area contributed by atoms with Crippen molar-refractivity contribution >= 4 is 33.7 Å². The number of anilines is 1. The molecule has 2 atom stereocenters. The molecule has 0 saturated carbocycles. The van der Waals surface area contributed by atoms with Gasteiger partial charge < -0.3 is 5.32 Å². The van der Waals surface area contributed by atoms with Crippen molar-refractivity contribution in [2.45, 2.75) is 17.9 Å². The summed E-state index contributed by atoms with van der Waals surface area (Å²) in [6.45, 7) is 1.68. The van der Waals surface area contributed by atoms with Gasteiger partial charge in [0.05, 0.1) is 11.4 Å². The van der Waals surface area contributed by atoms with Crippen LogP contribution in [0, 0.1) is 0 Å². The van der Waals surface area contributed by atoms with E-state index in [0.29, 0.717) is 5.69 Å². The predicted molar refractivity (Wildman–Crippen MR) is 104 cm³/mol. The van der Waals surface area contributed by atoms with Crippen LogP contribution in [0.1, 0.15) is 12.6 Å². The van der Waals surface area contributed by atoms with Gasteiger partial charge in [-0.15, -0.1) is 11.3 Å². The zero-order valence-corrected chi connectivity index (χ0v) is 15.3. The van der Waals surface area contributed by atoms with Gasteiger partial charge in [-0.1, -0.05) is 48.5 Å². The third-order valence-corrected chi connectivity index (χ3v) is 6.19. The van der Waals surface area contributed by atoms with Gasteiger partial charge in [-0.2, -0.15) is 0 Å². The van der Waals surface area contributed by atoms with Crippen molar-refractivity contribution in [2.24, 2.45) is 0 Å². The van der Waals surface area contributed by atoms with Crippen molar-refractivity contribution in [1.29, 1.82) is 0 Å². The summed E-state index contributed by atoms with van der Waals surface area (Å²) in [5.41, 5.74) is 2.50. The Balaban J connectivity index is 1.62. The molecule has 6 heteroatoms. The van der Waals surface area contributed by atoms with Gasteiger partial charge in [0, 0.05) is 27.4 Å². The number of aromatic nitrogens is 1. The highest BCUT2D eigenvalue weighted by Gasteiger charge is 2.21.